The van der Waals surface area contributed by atoms with Crippen LogP contribution in [0.2, 0.25) is 0 Å². The van der Waals surface area contributed by atoms with Gasteiger partial charge < -0.3 is 14.9 Å². The molecule has 0 spiro atoms. The number of benzene rings is 2. The van der Waals surface area contributed by atoms with Crippen LogP contribution in [0.1, 0.15) is 17.2 Å². The van der Waals surface area contributed by atoms with Crippen molar-refractivity contribution < 1.29 is 19.9 Å². The standard InChI is InChI=1S/C15H15NO5/c17-9-12-8-13(16(19)20)6-7-15(12)21-10-14(18)11-4-2-1-3-5-11/h1-8,14,17-18H,9-10H2. The molecule has 110 valence electrons. The van der Waals surface area contributed by atoms with Gasteiger partial charge in [0.1, 0.15) is 18.5 Å². The summed E-state index contributed by atoms with van der Waals surface area (Å²) in [5.74, 6) is 0.318. The molecule has 0 fully saturated rings. The molecule has 0 heterocycles. The second-order valence-corrected chi connectivity index (χ2v) is 4.44. The van der Waals surface area contributed by atoms with Crippen molar-refractivity contribution in [2.45, 2.75) is 12.7 Å². The SMILES string of the molecule is O=[N+]([O-])c1ccc(OCC(O)c2ccccc2)c(CO)c1. The number of aliphatic hydroxyl groups is 2. The number of ether oxygens (including phenoxy) is 1. The molecule has 0 aliphatic rings. The van der Waals surface area contributed by atoms with Gasteiger partial charge in [0.25, 0.3) is 5.69 Å². The van der Waals surface area contributed by atoms with Gasteiger partial charge in [-0.25, -0.2) is 0 Å². The Kier molecular flexibility index (Phi) is 4.86. The summed E-state index contributed by atoms with van der Waals surface area (Å²) in [4.78, 5) is 10.1. The third-order valence-electron chi connectivity index (χ3n) is 3.01. The van der Waals surface area contributed by atoms with Crippen molar-refractivity contribution in [2.75, 3.05) is 6.61 Å². The van der Waals surface area contributed by atoms with Crippen molar-refractivity contribution in [2.24, 2.45) is 0 Å². The molecule has 21 heavy (non-hydrogen) atoms. The van der Waals surface area contributed by atoms with E-state index in [4.69, 9.17) is 4.74 Å². The van der Waals surface area contributed by atoms with Crippen LogP contribution in [0.25, 0.3) is 0 Å². The molecule has 1 atom stereocenters. The summed E-state index contributed by atoms with van der Waals surface area (Å²) in [6.45, 7) is -0.382. The van der Waals surface area contributed by atoms with Gasteiger partial charge in [-0.15, -0.1) is 0 Å². The summed E-state index contributed by atoms with van der Waals surface area (Å²) >= 11 is 0. The maximum absolute atomic E-state index is 10.7. The molecule has 2 N–H and O–H groups in total. The van der Waals surface area contributed by atoms with E-state index >= 15 is 0 Å². The Morgan fingerprint density at radius 2 is 1.90 bits per heavy atom. The highest BCUT2D eigenvalue weighted by atomic mass is 16.6. The van der Waals surface area contributed by atoms with E-state index in [0.29, 0.717) is 16.9 Å². The minimum atomic E-state index is -0.812. The lowest BCUT2D eigenvalue weighted by Gasteiger charge is -2.14. The molecule has 0 bridgehead atoms. The third-order valence-corrected chi connectivity index (χ3v) is 3.01. The fourth-order valence-corrected chi connectivity index (χ4v) is 1.88. The minimum Gasteiger partial charge on any atom is -0.490 e. The molecule has 6 heteroatoms. The fraction of sp³-hybridized carbons (Fsp3) is 0.200. The highest BCUT2D eigenvalue weighted by Gasteiger charge is 2.13. The first-order valence-corrected chi connectivity index (χ1v) is 6.36. The number of hydrogen-bond acceptors (Lipinski definition) is 5. The Bertz CT molecular complexity index is 615. The molecule has 0 saturated heterocycles. The summed E-state index contributed by atoms with van der Waals surface area (Å²) in [6, 6.07) is 13.0. The maximum atomic E-state index is 10.7. The first-order chi connectivity index (χ1) is 10.1. The van der Waals surface area contributed by atoms with Crippen molar-refractivity contribution in [1.82, 2.24) is 0 Å². The number of aliphatic hydroxyl groups excluding tert-OH is 2. The summed E-state index contributed by atoms with van der Waals surface area (Å²) in [5.41, 5.74) is 0.907. The number of nitrogens with zero attached hydrogens (tertiary/aromatic N) is 1. The highest BCUT2D eigenvalue weighted by Crippen LogP contribution is 2.25. The molecule has 0 aliphatic heterocycles. The number of nitro groups is 1. The van der Waals surface area contributed by atoms with Crippen LogP contribution in [0.15, 0.2) is 48.5 Å². The molecule has 2 rings (SSSR count). The Morgan fingerprint density at radius 3 is 2.52 bits per heavy atom. The van der Waals surface area contributed by atoms with Crippen LogP contribution >= 0.6 is 0 Å². The number of non-ortho nitro benzene ring substituents is 1. The van der Waals surface area contributed by atoms with Crippen molar-refractivity contribution in [3.05, 3.63) is 69.8 Å². The Morgan fingerprint density at radius 1 is 1.19 bits per heavy atom. The average Bonchev–Trinajstić information content (AvgIpc) is 2.53. The molecular formula is C15H15NO5. The van der Waals surface area contributed by atoms with E-state index in [1.165, 1.54) is 18.2 Å². The van der Waals surface area contributed by atoms with Crippen LogP contribution in [-0.4, -0.2) is 21.7 Å². The van der Waals surface area contributed by atoms with E-state index < -0.39 is 11.0 Å². The van der Waals surface area contributed by atoms with E-state index in [1.807, 2.05) is 18.2 Å². The second kappa shape index (κ2) is 6.83. The molecule has 6 nitrogen and oxygen atoms in total. The lowest BCUT2D eigenvalue weighted by Crippen LogP contribution is -2.10. The van der Waals surface area contributed by atoms with Crippen LogP contribution in [0.5, 0.6) is 5.75 Å². The number of hydrogen-bond donors (Lipinski definition) is 2. The van der Waals surface area contributed by atoms with Gasteiger partial charge in [0.2, 0.25) is 0 Å². The lowest BCUT2D eigenvalue weighted by molar-refractivity contribution is -0.385. The van der Waals surface area contributed by atoms with Gasteiger partial charge in [-0.05, 0) is 11.6 Å². The number of rotatable bonds is 6. The quantitative estimate of drug-likeness (QED) is 0.628. The summed E-state index contributed by atoms with van der Waals surface area (Å²) in [5, 5.41) is 29.9. The molecule has 2 aromatic carbocycles. The van der Waals surface area contributed by atoms with Gasteiger partial charge in [0.15, 0.2) is 0 Å². The Balaban J connectivity index is 2.08. The minimum absolute atomic E-state index is 0.00513. The molecule has 2 aromatic rings. The highest BCUT2D eigenvalue weighted by molar-refractivity contribution is 5.43. The van der Waals surface area contributed by atoms with Gasteiger partial charge in [-0.3, -0.25) is 10.1 Å². The van der Waals surface area contributed by atoms with E-state index in [9.17, 15) is 20.3 Å². The zero-order valence-electron chi connectivity index (χ0n) is 11.2. The first-order valence-electron chi connectivity index (χ1n) is 6.36. The van der Waals surface area contributed by atoms with E-state index in [-0.39, 0.29) is 18.9 Å². The van der Waals surface area contributed by atoms with E-state index in [0.717, 1.165) is 0 Å². The zero-order valence-corrected chi connectivity index (χ0v) is 11.2. The van der Waals surface area contributed by atoms with Crippen LogP contribution in [0.3, 0.4) is 0 Å². The summed E-state index contributed by atoms with van der Waals surface area (Å²) in [6.07, 6.45) is -0.812. The van der Waals surface area contributed by atoms with Gasteiger partial charge in [-0.1, -0.05) is 30.3 Å². The molecule has 0 saturated carbocycles. The van der Waals surface area contributed by atoms with Crippen molar-refractivity contribution in [3.63, 3.8) is 0 Å². The Hall–Kier alpha value is -2.44. The molecule has 0 aromatic heterocycles. The van der Waals surface area contributed by atoms with E-state index in [2.05, 4.69) is 0 Å². The average molecular weight is 289 g/mol. The van der Waals surface area contributed by atoms with Gasteiger partial charge in [0.05, 0.1) is 11.5 Å². The first kappa shape index (κ1) is 15.0. The van der Waals surface area contributed by atoms with Crippen LogP contribution in [0, 0.1) is 10.1 Å². The summed E-state index contributed by atoms with van der Waals surface area (Å²) < 4.78 is 5.45. The third kappa shape index (κ3) is 3.77. The number of nitro benzene ring substituents is 1. The Labute approximate surface area is 121 Å². The van der Waals surface area contributed by atoms with Crippen molar-refractivity contribution in [3.8, 4) is 5.75 Å². The lowest BCUT2D eigenvalue weighted by atomic mass is 10.1. The molecule has 0 radical (unpaired) electrons. The normalized spacial score (nSPS) is 11.9. The molecule has 0 amide bonds. The monoisotopic (exact) mass is 289 g/mol. The predicted molar refractivity (Wildman–Crippen MR) is 75.9 cm³/mol. The predicted octanol–water partition coefficient (Wildman–Crippen LogP) is 2.20. The topological polar surface area (TPSA) is 92.8 Å². The molecular weight excluding hydrogens is 274 g/mol. The van der Waals surface area contributed by atoms with Crippen molar-refractivity contribution >= 4 is 5.69 Å². The smallest absolute Gasteiger partial charge is 0.270 e. The van der Waals surface area contributed by atoms with Crippen molar-refractivity contribution in [1.29, 1.82) is 0 Å². The van der Waals surface area contributed by atoms with E-state index in [1.54, 1.807) is 12.1 Å². The zero-order chi connectivity index (χ0) is 15.2. The summed E-state index contributed by atoms with van der Waals surface area (Å²) in [7, 11) is 0. The second-order valence-electron chi connectivity index (χ2n) is 4.44. The van der Waals surface area contributed by atoms with Gasteiger partial charge >= 0.3 is 0 Å². The maximum Gasteiger partial charge on any atom is 0.270 e. The van der Waals surface area contributed by atoms with Crippen LogP contribution in [-0.2, 0) is 6.61 Å². The fourth-order valence-electron chi connectivity index (χ4n) is 1.88. The van der Waals surface area contributed by atoms with Gasteiger partial charge in [0, 0.05) is 17.7 Å². The van der Waals surface area contributed by atoms with Crippen LogP contribution in [0.4, 0.5) is 5.69 Å². The van der Waals surface area contributed by atoms with Gasteiger partial charge in [-0.2, -0.15) is 0 Å². The largest absolute Gasteiger partial charge is 0.490 e. The molecule has 0 aliphatic carbocycles. The van der Waals surface area contributed by atoms with Crippen LogP contribution < -0.4 is 4.74 Å². The molecule has 1 unspecified atom stereocenters.